The predicted molar refractivity (Wildman–Crippen MR) is 132 cm³/mol. The van der Waals surface area contributed by atoms with Crippen LogP contribution < -0.4 is 15.5 Å². The number of halogens is 1. The van der Waals surface area contributed by atoms with E-state index in [1.165, 1.54) is 30.5 Å². The van der Waals surface area contributed by atoms with Crippen LogP contribution in [0.15, 0.2) is 48.7 Å². The zero-order valence-corrected chi connectivity index (χ0v) is 19.5. The molecule has 2 N–H and O–H groups in total. The molecule has 0 amide bonds. The lowest BCUT2D eigenvalue weighted by Crippen LogP contribution is -2.28. The van der Waals surface area contributed by atoms with E-state index >= 15 is 0 Å². The van der Waals surface area contributed by atoms with Gasteiger partial charge in [-0.05, 0) is 32.3 Å². The van der Waals surface area contributed by atoms with Crippen molar-refractivity contribution >= 4 is 51.8 Å². The van der Waals surface area contributed by atoms with E-state index < -0.39 is 9.85 Å². The van der Waals surface area contributed by atoms with Crippen molar-refractivity contribution in [1.82, 2.24) is 14.9 Å². The molecule has 1 heterocycles. The van der Waals surface area contributed by atoms with Crippen LogP contribution in [0.4, 0.5) is 40.2 Å². The summed E-state index contributed by atoms with van der Waals surface area (Å²) < 4.78 is 0. The van der Waals surface area contributed by atoms with Gasteiger partial charge in [0, 0.05) is 49.7 Å². The van der Waals surface area contributed by atoms with Gasteiger partial charge in [-0.3, -0.25) is 20.2 Å². The number of nitro benzene ring substituents is 2. The van der Waals surface area contributed by atoms with Crippen molar-refractivity contribution < 1.29 is 9.85 Å². The Morgan fingerprint density at radius 1 is 0.971 bits per heavy atom. The lowest BCUT2D eigenvalue weighted by atomic mass is 10.2. The molecule has 3 rings (SSSR count). The van der Waals surface area contributed by atoms with Gasteiger partial charge in [-0.25, -0.2) is 4.98 Å². The molecule has 0 saturated heterocycles. The molecule has 178 valence electrons. The molecule has 0 atom stereocenters. The van der Waals surface area contributed by atoms with E-state index in [1.807, 2.05) is 23.9 Å². The first-order chi connectivity index (χ1) is 16.1. The summed E-state index contributed by atoms with van der Waals surface area (Å²) in [4.78, 5) is 34.0. The first-order valence-corrected chi connectivity index (χ1v) is 10.5. The number of rotatable bonds is 10. The minimum absolute atomic E-state index is 0.0600. The van der Waals surface area contributed by atoms with E-state index in [0.29, 0.717) is 23.6 Å². The zero-order valence-electron chi connectivity index (χ0n) is 18.7. The van der Waals surface area contributed by atoms with E-state index in [2.05, 4.69) is 20.6 Å². The summed E-state index contributed by atoms with van der Waals surface area (Å²) in [7, 11) is 5.67. The van der Waals surface area contributed by atoms with Crippen molar-refractivity contribution in [3.8, 4) is 0 Å². The molecule has 34 heavy (non-hydrogen) atoms. The van der Waals surface area contributed by atoms with E-state index in [1.54, 1.807) is 25.2 Å². The second kappa shape index (κ2) is 10.7. The SMILES string of the molecule is CN(C)CCN(C)c1ccc(Nc2ncc(Cl)c(Nc3cccc([N+](=O)[O-])c3)n2)cc1[N+](=O)[O-]. The summed E-state index contributed by atoms with van der Waals surface area (Å²) in [5.41, 5.74) is 1.18. The summed E-state index contributed by atoms with van der Waals surface area (Å²) >= 11 is 6.18. The van der Waals surface area contributed by atoms with Crippen molar-refractivity contribution in [2.75, 3.05) is 49.8 Å². The second-order valence-electron chi connectivity index (χ2n) is 7.63. The van der Waals surface area contributed by atoms with Crippen LogP contribution in [0.2, 0.25) is 5.02 Å². The van der Waals surface area contributed by atoms with E-state index in [0.717, 1.165) is 6.54 Å². The summed E-state index contributed by atoms with van der Waals surface area (Å²) in [5, 5.41) is 28.7. The Bertz CT molecular complexity index is 1210. The number of hydrogen-bond donors (Lipinski definition) is 2. The highest BCUT2D eigenvalue weighted by atomic mass is 35.5. The fraction of sp³-hybridized carbons (Fsp3) is 0.238. The highest BCUT2D eigenvalue weighted by Gasteiger charge is 2.19. The van der Waals surface area contributed by atoms with Gasteiger partial charge >= 0.3 is 0 Å². The zero-order chi connectivity index (χ0) is 24.8. The van der Waals surface area contributed by atoms with Crippen LogP contribution in [0, 0.1) is 20.2 Å². The van der Waals surface area contributed by atoms with Gasteiger partial charge in [0.2, 0.25) is 5.95 Å². The topological polar surface area (TPSA) is 143 Å². The molecule has 12 nitrogen and oxygen atoms in total. The van der Waals surface area contributed by atoms with Gasteiger partial charge in [-0.2, -0.15) is 4.98 Å². The third-order valence-corrected chi connectivity index (χ3v) is 5.06. The number of benzene rings is 2. The molecular weight excluding hydrogens is 464 g/mol. The Hall–Kier alpha value is -4.03. The van der Waals surface area contributed by atoms with Gasteiger partial charge in [0.05, 0.1) is 16.0 Å². The van der Waals surface area contributed by atoms with Crippen molar-refractivity contribution in [3.63, 3.8) is 0 Å². The first kappa shape index (κ1) is 24.6. The molecule has 0 spiro atoms. The molecule has 0 saturated carbocycles. The molecule has 0 aliphatic heterocycles. The third kappa shape index (κ3) is 6.27. The Morgan fingerprint density at radius 3 is 2.38 bits per heavy atom. The number of non-ortho nitro benzene ring substituents is 1. The maximum atomic E-state index is 11.7. The lowest BCUT2D eigenvalue weighted by molar-refractivity contribution is -0.384. The lowest BCUT2D eigenvalue weighted by Gasteiger charge is -2.21. The molecule has 2 aromatic carbocycles. The highest BCUT2D eigenvalue weighted by molar-refractivity contribution is 6.32. The van der Waals surface area contributed by atoms with Gasteiger partial charge < -0.3 is 20.4 Å². The molecule has 0 aliphatic rings. The van der Waals surface area contributed by atoms with Gasteiger partial charge in [0.15, 0.2) is 5.82 Å². The number of nitrogens with zero attached hydrogens (tertiary/aromatic N) is 6. The summed E-state index contributed by atoms with van der Waals surface area (Å²) in [6.45, 7) is 1.36. The van der Waals surface area contributed by atoms with Crippen LogP contribution in [-0.4, -0.2) is 58.9 Å². The fourth-order valence-corrected chi connectivity index (χ4v) is 3.16. The number of nitrogens with one attached hydrogen (secondary N) is 2. The van der Waals surface area contributed by atoms with Crippen molar-refractivity contribution in [2.24, 2.45) is 0 Å². The minimum Gasteiger partial charge on any atom is -0.368 e. The average molecular weight is 487 g/mol. The quantitative estimate of drug-likeness (QED) is 0.312. The Balaban J connectivity index is 1.82. The van der Waals surface area contributed by atoms with Crippen molar-refractivity contribution in [1.29, 1.82) is 0 Å². The van der Waals surface area contributed by atoms with Gasteiger partial charge in [-0.1, -0.05) is 17.7 Å². The van der Waals surface area contributed by atoms with E-state index in [-0.39, 0.29) is 28.2 Å². The average Bonchev–Trinajstić information content (AvgIpc) is 2.79. The summed E-state index contributed by atoms with van der Waals surface area (Å²) in [6.07, 6.45) is 1.36. The molecule has 0 aliphatic carbocycles. The molecule has 0 unspecified atom stereocenters. The van der Waals surface area contributed by atoms with E-state index in [4.69, 9.17) is 11.6 Å². The second-order valence-corrected chi connectivity index (χ2v) is 8.04. The number of aromatic nitrogens is 2. The standard InChI is InChI=1S/C21H23ClN8O4/c1-27(2)9-10-28(3)18-8-7-15(12-19(18)30(33)34)25-21-23-13-17(22)20(26-21)24-14-5-4-6-16(11-14)29(31)32/h4-8,11-13H,9-10H2,1-3H3,(H2,23,24,25,26). The molecule has 1 aromatic heterocycles. The molecule has 13 heteroatoms. The van der Waals surface area contributed by atoms with Gasteiger partial charge in [0.1, 0.15) is 10.7 Å². The Labute approximate surface area is 200 Å². The maximum absolute atomic E-state index is 11.7. The molecule has 0 fully saturated rings. The molecular formula is C21H23ClN8O4. The molecule has 3 aromatic rings. The van der Waals surface area contributed by atoms with Gasteiger partial charge in [-0.15, -0.1) is 0 Å². The molecule has 0 bridgehead atoms. The monoisotopic (exact) mass is 486 g/mol. The number of anilines is 5. The van der Waals surface area contributed by atoms with Gasteiger partial charge in [0.25, 0.3) is 11.4 Å². The fourth-order valence-electron chi connectivity index (χ4n) is 3.02. The van der Waals surface area contributed by atoms with Crippen LogP contribution in [0.1, 0.15) is 0 Å². The summed E-state index contributed by atoms with van der Waals surface area (Å²) in [5.74, 6) is 0.356. The van der Waals surface area contributed by atoms with Crippen LogP contribution in [0.25, 0.3) is 0 Å². The summed E-state index contributed by atoms with van der Waals surface area (Å²) in [6, 6.07) is 10.6. The van der Waals surface area contributed by atoms with Crippen LogP contribution in [0.5, 0.6) is 0 Å². The third-order valence-electron chi connectivity index (χ3n) is 4.79. The van der Waals surface area contributed by atoms with E-state index in [9.17, 15) is 20.2 Å². The maximum Gasteiger partial charge on any atom is 0.294 e. The number of hydrogen-bond acceptors (Lipinski definition) is 10. The smallest absolute Gasteiger partial charge is 0.294 e. The number of nitro groups is 2. The largest absolute Gasteiger partial charge is 0.368 e. The Kier molecular flexibility index (Phi) is 7.76. The van der Waals surface area contributed by atoms with Crippen molar-refractivity contribution in [2.45, 2.75) is 0 Å². The van der Waals surface area contributed by atoms with Crippen LogP contribution in [0.3, 0.4) is 0 Å². The normalized spacial score (nSPS) is 10.7. The van der Waals surface area contributed by atoms with Crippen LogP contribution >= 0.6 is 11.6 Å². The first-order valence-electron chi connectivity index (χ1n) is 10.1. The van der Waals surface area contributed by atoms with Crippen molar-refractivity contribution in [3.05, 3.63) is 73.9 Å². The number of likely N-dealkylation sites (N-methyl/N-ethyl adjacent to an activating group) is 2. The predicted octanol–water partition coefficient (Wildman–Crippen LogP) is 4.43. The highest BCUT2D eigenvalue weighted by Crippen LogP contribution is 2.32. The molecule has 0 radical (unpaired) electrons. The minimum atomic E-state index is -0.506. The Morgan fingerprint density at radius 2 is 1.71 bits per heavy atom. The van der Waals surface area contributed by atoms with Crippen LogP contribution in [-0.2, 0) is 0 Å².